The molecule has 0 unspecified atom stereocenters. The number of aliphatic hydroxyl groups is 1. The molecule has 4 fully saturated rings. The van der Waals surface area contributed by atoms with Gasteiger partial charge in [-0.25, -0.2) is 0 Å². The Kier molecular flexibility index (Phi) is 3.15. The zero-order valence-corrected chi connectivity index (χ0v) is 14.5. The van der Waals surface area contributed by atoms with Gasteiger partial charge in [0.05, 0.1) is 11.5 Å². The number of fused-ring (bicyclic) bond motifs is 3. The lowest BCUT2D eigenvalue weighted by Gasteiger charge is -2.63. The van der Waals surface area contributed by atoms with Crippen molar-refractivity contribution >= 4 is 5.97 Å². The third-order valence-corrected chi connectivity index (χ3v) is 8.60. The van der Waals surface area contributed by atoms with Crippen LogP contribution in [0.3, 0.4) is 0 Å². The van der Waals surface area contributed by atoms with Crippen LogP contribution in [0.4, 0.5) is 0 Å². The van der Waals surface area contributed by atoms with E-state index in [9.17, 15) is 15.0 Å². The molecule has 0 amide bonds. The molecule has 3 heteroatoms. The van der Waals surface area contributed by atoms with E-state index in [-0.39, 0.29) is 17.4 Å². The Morgan fingerprint density at radius 2 is 1.96 bits per heavy atom. The van der Waals surface area contributed by atoms with Gasteiger partial charge in [0.2, 0.25) is 0 Å². The third kappa shape index (κ3) is 1.83. The highest BCUT2D eigenvalue weighted by Crippen LogP contribution is 2.72. The van der Waals surface area contributed by atoms with Gasteiger partial charge in [-0.15, -0.1) is 0 Å². The summed E-state index contributed by atoms with van der Waals surface area (Å²) in [6.07, 6.45) is 7.83. The molecule has 0 aromatic heterocycles. The minimum Gasteiger partial charge on any atom is -0.481 e. The SMILES string of the molecule is C=C1C[C@@]23CC[C@H]4[C@@](C)(CCC[C@]4(C)C(=O)O)[C@@H]2C[C@H](O)[C@@H]1C3. The predicted molar refractivity (Wildman–Crippen MR) is 88.8 cm³/mol. The molecule has 4 aliphatic carbocycles. The van der Waals surface area contributed by atoms with Crippen molar-refractivity contribution in [1.29, 1.82) is 0 Å². The molecule has 3 nitrogen and oxygen atoms in total. The molecular formula is C20H30O3. The van der Waals surface area contributed by atoms with Crippen LogP contribution in [0.25, 0.3) is 0 Å². The van der Waals surface area contributed by atoms with E-state index in [0.29, 0.717) is 17.3 Å². The second-order valence-corrected chi connectivity index (χ2v) is 9.54. The van der Waals surface area contributed by atoms with Crippen LogP contribution in [-0.2, 0) is 4.79 Å². The molecule has 0 aliphatic heterocycles. The van der Waals surface area contributed by atoms with Gasteiger partial charge in [-0.1, -0.05) is 25.5 Å². The van der Waals surface area contributed by atoms with Crippen LogP contribution in [0.2, 0.25) is 0 Å². The summed E-state index contributed by atoms with van der Waals surface area (Å²) in [6.45, 7) is 8.58. The fourth-order valence-electron chi connectivity index (χ4n) is 7.57. The van der Waals surface area contributed by atoms with E-state index in [2.05, 4.69) is 13.5 Å². The Bertz CT molecular complexity index is 569. The standard InChI is InChI=1S/C20H30O3/c1-12-10-20-8-5-15-18(2,6-4-7-19(15,3)17(22)23)16(20)9-14(21)13(12)11-20/h13-16,21H,1,4-11H2,2-3H3,(H,22,23)/t13-,14+,15+,16+,18-,19+,20-/m1/s1. The Labute approximate surface area is 139 Å². The Morgan fingerprint density at radius 3 is 2.65 bits per heavy atom. The highest BCUT2D eigenvalue weighted by molar-refractivity contribution is 5.75. The highest BCUT2D eigenvalue weighted by atomic mass is 16.4. The van der Waals surface area contributed by atoms with E-state index in [1.807, 2.05) is 6.92 Å². The molecular weight excluding hydrogens is 288 g/mol. The number of carboxylic acids is 1. The number of rotatable bonds is 1. The van der Waals surface area contributed by atoms with Gasteiger partial charge >= 0.3 is 5.97 Å². The quantitative estimate of drug-likeness (QED) is 0.718. The van der Waals surface area contributed by atoms with Crippen LogP contribution in [0.15, 0.2) is 12.2 Å². The van der Waals surface area contributed by atoms with Gasteiger partial charge in [-0.2, -0.15) is 0 Å². The monoisotopic (exact) mass is 318 g/mol. The molecule has 0 aromatic rings. The lowest BCUT2D eigenvalue weighted by Crippen LogP contribution is -2.59. The van der Waals surface area contributed by atoms with Gasteiger partial charge in [0.15, 0.2) is 0 Å². The van der Waals surface area contributed by atoms with E-state index in [1.54, 1.807) is 0 Å². The molecule has 0 aromatic carbocycles. The van der Waals surface area contributed by atoms with Crippen LogP contribution in [0, 0.1) is 34.0 Å². The highest BCUT2D eigenvalue weighted by Gasteiger charge is 2.66. The maximum atomic E-state index is 12.0. The average molecular weight is 318 g/mol. The molecule has 4 aliphatic rings. The molecule has 0 radical (unpaired) electrons. The zero-order valence-electron chi connectivity index (χ0n) is 14.5. The summed E-state index contributed by atoms with van der Waals surface area (Å²) in [6, 6.07) is 0. The van der Waals surface area contributed by atoms with E-state index >= 15 is 0 Å². The summed E-state index contributed by atoms with van der Waals surface area (Å²) in [7, 11) is 0. The first-order valence-electron chi connectivity index (χ1n) is 9.32. The maximum absolute atomic E-state index is 12.0. The molecule has 4 saturated carbocycles. The summed E-state index contributed by atoms with van der Waals surface area (Å²) in [4.78, 5) is 12.0. The molecule has 7 atom stereocenters. The maximum Gasteiger partial charge on any atom is 0.309 e. The number of carbonyl (C=O) groups is 1. The molecule has 0 heterocycles. The molecule has 128 valence electrons. The van der Waals surface area contributed by atoms with E-state index < -0.39 is 11.4 Å². The van der Waals surface area contributed by atoms with Crippen molar-refractivity contribution in [3.63, 3.8) is 0 Å². The Hall–Kier alpha value is -0.830. The first-order valence-corrected chi connectivity index (χ1v) is 9.32. The Morgan fingerprint density at radius 1 is 1.22 bits per heavy atom. The average Bonchev–Trinajstić information content (AvgIpc) is 2.75. The Balaban J connectivity index is 1.77. The van der Waals surface area contributed by atoms with Gasteiger partial charge in [0.1, 0.15) is 0 Å². The zero-order chi connectivity index (χ0) is 16.6. The van der Waals surface area contributed by atoms with E-state index in [1.165, 1.54) is 5.57 Å². The van der Waals surface area contributed by atoms with Gasteiger partial charge in [0.25, 0.3) is 0 Å². The smallest absolute Gasteiger partial charge is 0.309 e. The van der Waals surface area contributed by atoms with Crippen molar-refractivity contribution < 1.29 is 15.0 Å². The molecule has 0 saturated heterocycles. The summed E-state index contributed by atoms with van der Waals surface area (Å²) < 4.78 is 0. The second-order valence-electron chi connectivity index (χ2n) is 9.54. The second kappa shape index (κ2) is 4.62. The topological polar surface area (TPSA) is 57.5 Å². The predicted octanol–water partition coefficient (Wildman–Crippen LogP) is 4.01. The van der Waals surface area contributed by atoms with Gasteiger partial charge in [-0.05, 0) is 74.5 Å². The summed E-state index contributed by atoms with van der Waals surface area (Å²) >= 11 is 0. The molecule has 2 N–H and O–H groups in total. The number of carboxylic acid groups (broad SMARTS) is 1. The van der Waals surface area contributed by atoms with Crippen molar-refractivity contribution in [3.05, 3.63) is 12.2 Å². The van der Waals surface area contributed by atoms with Crippen molar-refractivity contribution in [2.24, 2.45) is 34.0 Å². The van der Waals surface area contributed by atoms with Crippen LogP contribution in [0.1, 0.15) is 65.2 Å². The van der Waals surface area contributed by atoms with Crippen LogP contribution in [0.5, 0.6) is 0 Å². The summed E-state index contributed by atoms with van der Waals surface area (Å²) in [5.74, 6) is 0.378. The first-order chi connectivity index (χ1) is 10.7. The molecule has 4 rings (SSSR count). The summed E-state index contributed by atoms with van der Waals surface area (Å²) in [5.41, 5.74) is 1.01. The van der Waals surface area contributed by atoms with Crippen molar-refractivity contribution in [2.45, 2.75) is 71.3 Å². The van der Waals surface area contributed by atoms with Crippen LogP contribution < -0.4 is 0 Å². The van der Waals surface area contributed by atoms with Gasteiger partial charge < -0.3 is 10.2 Å². The number of aliphatic carboxylic acids is 1. The largest absolute Gasteiger partial charge is 0.481 e. The number of aliphatic hydroxyl groups excluding tert-OH is 1. The minimum atomic E-state index is -0.616. The first kappa shape index (κ1) is 15.7. The fraction of sp³-hybridized carbons (Fsp3) is 0.850. The number of hydrogen-bond acceptors (Lipinski definition) is 2. The minimum absolute atomic E-state index is 0.0558. The molecule has 23 heavy (non-hydrogen) atoms. The van der Waals surface area contributed by atoms with Gasteiger partial charge in [0, 0.05) is 5.92 Å². The van der Waals surface area contributed by atoms with Crippen LogP contribution in [-0.4, -0.2) is 22.3 Å². The normalized spacial score (nSPS) is 55.2. The van der Waals surface area contributed by atoms with Crippen molar-refractivity contribution in [1.82, 2.24) is 0 Å². The van der Waals surface area contributed by atoms with Crippen molar-refractivity contribution in [3.8, 4) is 0 Å². The van der Waals surface area contributed by atoms with Gasteiger partial charge in [-0.3, -0.25) is 4.79 Å². The molecule has 2 bridgehead atoms. The third-order valence-electron chi connectivity index (χ3n) is 8.60. The van der Waals surface area contributed by atoms with Crippen LogP contribution >= 0.6 is 0 Å². The van der Waals surface area contributed by atoms with Crippen molar-refractivity contribution in [2.75, 3.05) is 0 Å². The summed E-state index contributed by atoms with van der Waals surface area (Å²) in [5, 5.41) is 20.6. The number of hydrogen-bond donors (Lipinski definition) is 2. The molecule has 1 spiro atoms. The lowest BCUT2D eigenvalue weighted by atomic mass is 9.41. The fourth-order valence-corrected chi connectivity index (χ4v) is 7.57. The van der Waals surface area contributed by atoms with E-state index in [4.69, 9.17) is 0 Å². The lowest BCUT2D eigenvalue weighted by molar-refractivity contribution is -0.186. The van der Waals surface area contributed by atoms with E-state index in [0.717, 1.165) is 51.4 Å².